The molecule has 0 aliphatic heterocycles. The maximum Gasteiger partial charge on any atom is 0.316 e. The van der Waals surface area contributed by atoms with Gasteiger partial charge in [-0.05, 0) is 26.0 Å². The lowest BCUT2D eigenvalue weighted by molar-refractivity contribution is -0.137. The minimum Gasteiger partial charge on any atom is -0.494 e. The summed E-state index contributed by atoms with van der Waals surface area (Å²) in [6.07, 6.45) is 1.61. The van der Waals surface area contributed by atoms with Crippen LogP contribution in [0.2, 0.25) is 0 Å². The van der Waals surface area contributed by atoms with Crippen molar-refractivity contribution in [2.24, 2.45) is 0 Å². The number of hydrogen-bond donors (Lipinski definition) is 1. The number of hydrogen-bond acceptors (Lipinski definition) is 8. The fourth-order valence-corrected chi connectivity index (χ4v) is 3.64. The van der Waals surface area contributed by atoms with E-state index >= 15 is 0 Å². The van der Waals surface area contributed by atoms with Gasteiger partial charge in [-0.3, -0.25) is 14.9 Å². The average Bonchev–Trinajstić information content (AvgIpc) is 3.07. The average molecular weight is 396 g/mol. The first-order valence-corrected chi connectivity index (χ1v) is 9.73. The minimum atomic E-state index is -0.315. The summed E-state index contributed by atoms with van der Waals surface area (Å²) in [4.78, 5) is 27.8. The van der Waals surface area contributed by atoms with Crippen molar-refractivity contribution in [3.05, 3.63) is 30.0 Å². The fourth-order valence-electron chi connectivity index (χ4n) is 1.94. The van der Waals surface area contributed by atoms with Gasteiger partial charge in [-0.15, -0.1) is 11.8 Å². The Morgan fingerprint density at radius 3 is 2.38 bits per heavy atom. The van der Waals surface area contributed by atoms with Gasteiger partial charge in [0.25, 0.3) is 5.91 Å². The van der Waals surface area contributed by atoms with Gasteiger partial charge in [-0.2, -0.15) is 0 Å². The lowest BCUT2D eigenvalue weighted by atomic mass is 10.2. The molecular formula is C17H20N2O5S2. The van der Waals surface area contributed by atoms with E-state index in [1.807, 2.05) is 13.8 Å². The molecule has 0 bridgehead atoms. The number of ether oxygens (including phenoxy) is 3. The maximum absolute atomic E-state index is 12.5. The Morgan fingerprint density at radius 2 is 1.81 bits per heavy atom. The summed E-state index contributed by atoms with van der Waals surface area (Å²) in [6, 6.07) is 5.05. The number of benzene rings is 1. The van der Waals surface area contributed by atoms with Crippen molar-refractivity contribution in [2.75, 3.05) is 31.4 Å². The van der Waals surface area contributed by atoms with Crippen molar-refractivity contribution in [1.82, 2.24) is 4.98 Å². The van der Waals surface area contributed by atoms with E-state index in [1.165, 1.54) is 30.2 Å². The number of thioether (sulfide) groups is 1. The van der Waals surface area contributed by atoms with E-state index in [-0.39, 0.29) is 17.6 Å². The van der Waals surface area contributed by atoms with Crippen LogP contribution in [0.4, 0.5) is 5.13 Å². The highest BCUT2D eigenvalue weighted by molar-refractivity contribution is 8.01. The standard InChI is InChI=1S/C17H20N2O5S2/c1-4-23-12-6-11(7-13(8-12)24-5-2)16(21)19-17-18-9-15(26-17)25-10-14(20)22-3/h6-9H,4-5,10H2,1-3H3,(H,18,19,21). The summed E-state index contributed by atoms with van der Waals surface area (Å²) in [5.41, 5.74) is 0.415. The van der Waals surface area contributed by atoms with Gasteiger partial charge in [-0.25, -0.2) is 4.98 Å². The summed E-state index contributed by atoms with van der Waals surface area (Å²) in [5, 5.41) is 3.19. The number of amides is 1. The van der Waals surface area contributed by atoms with Crippen LogP contribution in [-0.4, -0.2) is 42.9 Å². The molecule has 1 amide bonds. The van der Waals surface area contributed by atoms with Crippen LogP contribution in [-0.2, 0) is 9.53 Å². The molecule has 140 valence electrons. The van der Waals surface area contributed by atoms with Crippen molar-refractivity contribution in [3.8, 4) is 11.5 Å². The van der Waals surface area contributed by atoms with E-state index in [4.69, 9.17) is 9.47 Å². The first-order chi connectivity index (χ1) is 12.5. The van der Waals surface area contributed by atoms with Crippen molar-refractivity contribution < 1.29 is 23.8 Å². The topological polar surface area (TPSA) is 86.8 Å². The van der Waals surface area contributed by atoms with Crippen LogP contribution in [0.15, 0.2) is 28.6 Å². The number of carbonyl (C=O) groups excluding carboxylic acids is 2. The zero-order chi connectivity index (χ0) is 18.9. The highest BCUT2D eigenvalue weighted by Gasteiger charge is 2.13. The molecule has 0 saturated carbocycles. The molecule has 0 unspecified atom stereocenters. The molecule has 0 radical (unpaired) electrons. The second-order valence-electron chi connectivity index (χ2n) is 4.86. The predicted octanol–water partition coefficient (Wildman–Crippen LogP) is 3.46. The van der Waals surface area contributed by atoms with Crippen molar-refractivity contribution >= 4 is 40.1 Å². The first kappa shape index (κ1) is 20.1. The highest BCUT2D eigenvalue weighted by atomic mass is 32.2. The third-order valence-corrected chi connectivity index (χ3v) is 5.11. The van der Waals surface area contributed by atoms with E-state index in [0.29, 0.717) is 35.4 Å². The molecule has 2 rings (SSSR count). The van der Waals surface area contributed by atoms with Crippen molar-refractivity contribution in [2.45, 2.75) is 18.1 Å². The Hall–Kier alpha value is -2.26. The third-order valence-electron chi connectivity index (χ3n) is 3.03. The molecule has 1 aromatic carbocycles. The molecule has 0 atom stereocenters. The number of rotatable bonds is 9. The Kier molecular flexibility index (Phi) is 7.73. The van der Waals surface area contributed by atoms with Crippen LogP contribution in [0.3, 0.4) is 0 Å². The van der Waals surface area contributed by atoms with Crippen LogP contribution < -0.4 is 14.8 Å². The maximum atomic E-state index is 12.5. The van der Waals surface area contributed by atoms with Crippen LogP contribution >= 0.6 is 23.1 Å². The molecular weight excluding hydrogens is 376 g/mol. The molecule has 0 spiro atoms. The van der Waals surface area contributed by atoms with Gasteiger partial charge in [0.15, 0.2) is 5.13 Å². The van der Waals surface area contributed by atoms with E-state index in [2.05, 4.69) is 15.0 Å². The van der Waals surface area contributed by atoms with Gasteiger partial charge in [0.05, 0.1) is 36.5 Å². The van der Waals surface area contributed by atoms with Gasteiger partial charge in [0, 0.05) is 11.6 Å². The number of aromatic nitrogens is 1. The second-order valence-corrected chi connectivity index (χ2v) is 7.17. The Bertz CT molecular complexity index is 739. The summed E-state index contributed by atoms with van der Waals surface area (Å²) < 4.78 is 16.4. The second kappa shape index (κ2) is 10.0. The van der Waals surface area contributed by atoms with Crippen LogP contribution in [0, 0.1) is 0 Å². The summed E-state index contributed by atoms with van der Waals surface area (Å²) in [7, 11) is 1.34. The smallest absolute Gasteiger partial charge is 0.316 e. The Balaban J connectivity index is 2.07. The van der Waals surface area contributed by atoms with Gasteiger partial charge < -0.3 is 14.2 Å². The molecule has 9 heteroatoms. The zero-order valence-electron chi connectivity index (χ0n) is 14.7. The number of nitrogens with one attached hydrogen (secondary N) is 1. The Labute approximate surface area is 160 Å². The molecule has 1 N–H and O–H groups in total. The van der Waals surface area contributed by atoms with E-state index in [1.54, 1.807) is 24.4 Å². The molecule has 0 saturated heterocycles. The number of thiazole rings is 1. The van der Waals surface area contributed by atoms with Gasteiger partial charge in [-0.1, -0.05) is 11.3 Å². The van der Waals surface area contributed by atoms with E-state index in [9.17, 15) is 9.59 Å². The van der Waals surface area contributed by atoms with E-state index in [0.717, 1.165) is 4.21 Å². The number of methoxy groups -OCH3 is 1. The summed E-state index contributed by atoms with van der Waals surface area (Å²) in [5.74, 6) is 0.700. The number of nitrogens with zero attached hydrogens (tertiary/aromatic N) is 1. The number of carbonyl (C=O) groups is 2. The third kappa shape index (κ3) is 5.92. The van der Waals surface area contributed by atoms with Crippen molar-refractivity contribution in [1.29, 1.82) is 0 Å². The summed E-state index contributed by atoms with van der Waals surface area (Å²) >= 11 is 2.59. The minimum absolute atomic E-state index is 0.195. The lowest BCUT2D eigenvalue weighted by Crippen LogP contribution is -2.12. The number of anilines is 1. The molecule has 0 aliphatic carbocycles. The molecule has 2 aromatic rings. The molecule has 0 fully saturated rings. The van der Waals surface area contributed by atoms with E-state index < -0.39 is 0 Å². The zero-order valence-corrected chi connectivity index (χ0v) is 16.4. The predicted molar refractivity (Wildman–Crippen MR) is 102 cm³/mol. The lowest BCUT2D eigenvalue weighted by Gasteiger charge is -2.10. The first-order valence-electron chi connectivity index (χ1n) is 7.93. The SMILES string of the molecule is CCOc1cc(OCC)cc(C(=O)Nc2ncc(SCC(=O)OC)s2)c1. The van der Waals surface area contributed by atoms with Crippen LogP contribution in [0.1, 0.15) is 24.2 Å². The van der Waals surface area contributed by atoms with Crippen molar-refractivity contribution in [3.63, 3.8) is 0 Å². The molecule has 7 nitrogen and oxygen atoms in total. The van der Waals surface area contributed by atoms with Gasteiger partial charge in [0.2, 0.25) is 0 Å². The molecule has 0 aliphatic rings. The van der Waals surface area contributed by atoms with Gasteiger partial charge in [0.1, 0.15) is 11.5 Å². The summed E-state index contributed by atoms with van der Waals surface area (Å²) in [6.45, 7) is 4.72. The fraction of sp³-hybridized carbons (Fsp3) is 0.353. The number of esters is 1. The molecule has 1 aromatic heterocycles. The largest absolute Gasteiger partial charge is 0.494 e. The van der Waals surface area contributed by atoms with Crippen LogP contribution in [0.5, 0.6) is 11.5 Å². The van der Waals surface area contributed by atoms with Gasteiger partial charge >= 0.3 is 5.97 Å². The Morgan fingerprint density at radius 1 is 1.15 bits per heavy atom. The quantitative estimate of drug-likeness (QED) is 0.513. The normalized spacial score (nSPS) is 10.3. The molecule has 1 heterocycles. The molecule has 26 heavy (non-hydrogen) atoms. The monoisotopic (exact) mass is 396 g/mol. The highest BCUT2D eigenvalue weighted by Crippen LogP contribution is 2.29. The van der Waals surface area contributed by atoms with Crippen LogP contribution in [0.25, 0.3) is 0 Å².